The van der Waals surface area contributed by atoms with E-state index in [2.05, 4.69) is 44.2 Å². The Morgan fingerprint density at radius 1 is 0.957 bits per heavy atom. The molecule has 4 aromatic rings. The number of benzene rings is 2. The average molecular weight is 654 g/mol. The predicted molar refractivity (Wildman–Crippen MR) is 175 cm³/mol. The molecule has 246 valence electrons. The van der Waals surface area contributed by atoms with Gasteiger partial charge in [-0.25, -0.2) is 14.8 Å². The molecule has 0 saturated heterocycles. The third-order valence-corrected chi connectivity index (χ3v) is 12.1. The van der Waals surface area contributed by atoms with Gasteiger partial charge in [-0.05, 0) is 68.7 Å². The first-order valence-corrected chi connectivity index (χ1v) is 18.1. The number of nitrogens with zero attached hydrogens (tertiary/aromatic N) is 2. The van der Waals surface area contributed by atoms with Crippen molar-refractivity contribution < 1.29 is 31.5 Å². The summed E-state index contributed by atoms with van der Waals surface area (Å²) in [5.74, 6) is -0.772. The van der Waals surface area contributed by atoms with Crippen LogP contribution in [-0.4, -0.2) is 35.9 Å². The van der Waals surface area contributed by atoms with Gasteiger partial charge in [0.1, 0.15) is 29.0 Å². The van der Waals surface area contributed by atoms with E-state index in [-0.39, 0.29) is 17.2 Å². The molecular formula is C35H42F3N3O4Si. The number of rotatable bonds is 10. The molecule has 0 spiro atoms. The number of anilines is 1. The second-order valence-electron chi connectivity index (χ2n) is 13.8. The van der Waals surface area contributed by atoms with Crippen molar-refractivity contribution in [2.24, 2.45) is 0 Å². The van der Waals surface area contributed by atoms with Crippen LogP contribution in [0.2, 0.25) is 18.1 Å². The van der Waals surface area contributed by atoms with Gasteiger partial charge in [0.25, 0.3) is 0 Å². The molecule has 11 heteroatoms. The number of esters is 1. The van der Waals surface area contributed by atoms with Crippen LogP contribution in [-0.2, 0) is 28.5 Å². The molecule has 7 nitrogen and oxygen atoms in total. The Bertz CT molecular complexity index is 1640. The zero-order chi connectivity index (χ0) is 33.9. The number of aromatic nitrogens is 2. The highest BCUT2D eigenvalue weighted by atomic mass is 28.4. The molecular weight excluding hydrogens is 611 g/mol. The summed E-state index contributed by atoms with van der Waals surface area (Å²) in [6, 6.07) is 18.3. The minimum Gasteiger partial charge on any atom is -0.543 e. The lowest BCUT2D eigenvalue weighted by Gasteiger charge is -2.36. The van der Waals surface area contributed by atoms with Crippen molar-refractivity contribution in [1.29, 1.82) is 0 Å². The monoisotopic (exact) mass is 653 g/mol. The molecule has 1 atom stereocenters. The fourth-order valence-electron chi connectivity index (χ4n) is 4.34. The molecule has 1 unspecified atom stereocenters. The van der Waals surface area contributed by atoms with Crippen LogP contribution >= 0.6 is 0 Å². The summed E-state index contributed by atoms with van der Waals surface area (Å²) in [5.41, 5.74) is 2.08. The Morgan fingerprint density at radius 3 is 2.26 bits per heavy atom. The summed E-state index contributed by atoms with van der Waals surface area (Å²) in [6.45, 7) is 16.1. The standard InChI is InChI=1S/C35H42F3N3O4Si/c1-33(2,3)44-32(42)28(21-25-17-18-30(43-25)35(36,37)38)41-31-27(19-23-13-10-9-11-14-23)40-29(22-39-31)24-15-12-16-26(20-24)45-46(7,8)34(4,5)6/h9-18,20,22,28H,19,21H2,1-8H3,(H,39,41). The van der Waals surface area contributed by atoms with E-state index in [0.717, 1.165) is 22.9 Å². The summed E-state index contributed by atoms with van der Waals surface area (Å²) in [5, 5.41) is 3.14. The number of hydrogen-bond donors (Lipinski definition) is 1. The highest BCUT2D eigenvalue weighted by Gasteiger charge is 2.39. The van der Waals surface area contributed by atoms with Crippen LogP contribution in [0.3, 0.4) is 0 Å². The maximum atomic E-state index is 13.3. The van der Waals surface area contributed by atoms with Gasteiger partial charge in [0.05, 0.1) is 17.6 Å². The number of halogens is 3. The number of alkyl halides is 3. The number of ether oxygens (including phenoxy) is 1. The first kappa shape index (κ1) is 34.7. The lowest BCUT2D eigenvalue weighted by atomic mass is 10.1. The molecule has 2 aromatic carbocycles. The van der Waals surface area contributed by atoms with Crippen molar-refractivity contribution in [1.82, 2.24) is 9.97 Å². The van der Waals surface area contributed by atoms with Gasteiger partial charge < -0.3 is 18.9 Å². The van der Waals surface area contributed by atoms with Gasteiger partial charge in [0.2, 0.25) is 14.1 Å². The molecule has 2 aromatic heterocycles. The van der Waals surface area contributed by atoms with E-state index in [0.29, 0.717) is 23.6 Å². The normalized spacial score (nSPS) is 13.3. The fourth-order valence-corrected chi connectivity index (χ4v) is 5.36. The van der Waals surface area contributed by atoms with E-state index < -0.39 is 37.9 Å². The molecule has 4 rings (SSSR count). The molecule has 0 radical (unpaired) electrons. The highest BCUT2D eigenvalue weighted by molar-refractivity contribution is 6.74. The highest BCUT2D eigenvalue weighted by Crippen LogP contribution is 2.38. The van der Waals surface area contributed by atoms with E-state index in [9.17, 15) is 18.0 Å². The van der Waals surface area contributed by atoms with Gasteiger partial charge in [0.15, 0.2) is 0 Å². The SMILES string of the molecule is CC(C)(C)OC(=O)C(Cc1ccc(C(F)(F)F)o1)Nc1ncc(-c2cccc(O[Si](C)(C)C(C)(C)C)c2)nc1Cc1ccccc1. The largest absolute Gasteiger partial charge is 0.543 e. The lowest BCUT2D eigenvalue weighted by Crippen LogP contribution is -2.43. The Balaban J connectivity index is 1.71. The van der Waals surface area contributed by atoms with Crippen LogP contribution in [0.5, 0.6) is 5.75 Å². The summed E-state index contributed by atoms with van der Waals surface area (Å²) < 4.78 is 56.9. The van der Waals surface area contributed by atoms with Crippen LogP contribution in [0.1, 0.15) is 64.3 Å². The molecule has 0 fully saturated rings. The molecule has 0 saturated carbocycles. The van der Waals surface area contributed by atoms with Crippen molar-refractivity contribution >= 4 is 20.1 Å². The molecule has 0 aliphatic rings. The smallest absolute Gasteiger partial charge is 0.449 e. The Hall–Kier alpha value is -4.12. The van der Waals surface area contributed by atoms with Crippen LogP contribution in [0.4, 0.5) is 19.0 Å². The molecule has 46 heavy (non-hydrogen) atoms. The van der Waals surface area contributed by atoms with Crippen molar-refractivity contribution in [3.8, 4) is 17.0 Å². The molecule has 0 aliphatic carbocycles. The van der Waals surface area contributed by atoms with Gasteiger partial charge in [-0.1, -0.05) is 63.2 Å². The molecule has 0 aliphatic heterocycles. The van der Waals surface area contributed by atoms with Crippen LogP contribution in [0.15, 0.2) is 77.3 Å². The molecule has 0 amide bonds. The molecule has 1 N–H and O–H groups in total. The van der Waals surface area contributed by atoms with Crippen LogP contribution in [0.25, 0.3) is 11.3 Å². The maximum Gasteiger partial charge on any atom is 0.449 e. The third kappa shape index (κ3) is 9.21. The number of nitrogens with one attached hydrogen (secondary N) is 1. The number of carbonyl (C=O) groups excluding carboxylic acids is 1. The zero-order valence-electron chi connectivity index (χ0n) is 27.6. The lowest BCUT2D eigenvalue weighted by molar-refractivity contribution is -0.156. The first-order chi connectivity index (χ1) is 21.3. The van der Waals surface area contributed by atoms with E-state index in [4.69, 9.17) is 18.6 Å². The van der Waals surface area contributed by atoms with Gasteiger partial charge in [-0.3, -0.25) is 0 Å². The first-order valence-electron chi connectivity index (χ1n) is 15.2. The third-order valence-electron chi connectivity index (χ3n) is 7.72. The zero-order valence-corrected chi connectivity index (χ0v) is 28.6. The predicted octanol–water partition coefficient (Wildman–Crippen LogP) is 9.10. The summed E-state index contributed by atoms with van der Waals surface area (Å²) >= 11 is 0. The quantitative estimate of drug-likeness (QED) is 0.135. The van der Waals surface area contributed by atoms with E-state index in [1.807, 2.05) is 54.6 Å². The van der Waals surface area contributed by atoms with Crippen molar-refractivity contribution in [2.75, 3.05) is 5.32 Å². The summed E-state index contributed by atoms with van der Waals surface area (Å²) in [7, 11) is -2.09. The minimum absolute atomic E-state index is 0.0214. The van der Waals surface area contributed by atoms with Gasteiger partial charge in [-0.15, -0.1) is 0 Å². The van der Waals surface area contributed by atoms with E-state index in [1.165, 1.54) is 6.07 Å². The topological polar surface area (TPSA) is 86.5 Å². The van der Waals surface area contributed by atoms with Crippen LogP contribution in [0, 0.1) is 0 Å². The van der Waals surface area contributed by atoms with E-state index in [1.54, 1.807) is 27.0 Å². The number of furan rings is 1. The van der Waals surface area contributed by atoms with Crippen molar-refractivity contribution in [3.05, 3.63) is 95.7 Å². The molecule has 0 bridgehead atoms. The minimum atomic E-state index is -4.65. The van der Waals surface area contributed by atoms with Crippen molar-refractivity contribution in [3.63, 3.8) is 0 Å². The van der Waals surface area contributed by atoms with Gasteiger partial charge >= 0.3 is 12.1 Å². The summed E-state index contributed by atoms with van der Waals surface area (Å²) in [4.78, 5) is 23.0. The van der Waals surface area contributed by atoms with Gasteiger partial charge in [0, 0.05) is 18.4 Å². The Labute approximate surface area is 269 Å². The van der Waals surface area contributed by atoms with Crippen molar-refractivity contribution in [2.45, 2.75) is 90.3 Å². The maximum absolute atomic E-state index is 13.3. The molecule has 2 heterocycles. The number of carbonyl (C=O) groups is 1. The van der Waals surface area contributed by atoms with Gasteiger partial charge in [-0.2, -0.15) is 13.2 Å². The van der Waals surface area contributed by atoms with E-state index >= 15 is 0 Å². The fraction of sp³-hybridized carbons (Fsp3) is 0.400. The Morgan fingerprint density at radius 2 is 1.65 bits per heavy atom. The second kappa shape index (κ2) is 13.3. The Kier molecular flexibility index (Phi) is 10.1. The van der Waals surface area contributed by atoms with Crippen LogP contribution < -0.4 is 9.74 Å². The number of hydrogen-bond acceptors (Lipinski definition) is 7. The average Bonchev–Trinajstić information content (AvgIpc) is 3.42. The summed E-state index contributed by atoms with van der Waals surface area (Å²) in [6.07, 6.45) is -2.87. The second-order valence-corrected chi connectivity index (χ2v) is 18.5.